The van der Waals surface area contributed by atoms with E-state index < -0.39 is 6.10 Å². The van der Waals surface area contributed by atoms with Gasteiger partial charge in [0.1, 0.15) is 13.2 Å². The van der Waals surface area contributed by atoms with Gasteiger partial charge in [0, 0.05) is 19.3 Å². The minimum absolute atomic E-state index is 0.113. The molecule has 1 unspecified atom stereocenters. The van der Waals surface area contributed by atoms with Crippen LogP contribution in [0.5, 0.6) is 0 Å². The van der Waals surface area contributed by atoms with Gasteiger partial charge in [-0.15, -0.1) is 0 Å². The van der Waals surface area contributed by atoms with Crippen molar-refractivity contribution < 1.29 is 28.6 Å². The zero-order valence-corrected chi connectivity index (χ0v) is 33.1. The molecule has 6 nitrogen and oxygen atoms in total. The van der Waals surface area contributed by atoms with Crippen molar-refractivity contribution in [2.75, 3.05) is 13.2 Å². The molecule has 0 aliphatic heterocycles. The van der Waals surface area contributed by atoms with Crippen LogP contribution >= 0.6 is 0 Å². The van der Waals surface area contributed by atoms with Gasteiger partial charge in [0.15, 0.2) is 6.10 Å². The van der Waals surface area contributed by atoms with Gasteiger partial charge in [0.05, 0.1) is 0 Å². The number of ether oxygens (including phenoxy) is 3. The summed E-state index contributed by atoms with van der Waals surface area (Å²) in [4.78, 5) is 37.5. The van der Waals surface area contributed by atoms with Gasteiger partial charge in [0.2, 0.25) is 0 Å². The number of hydrogen-bond donors (Lipinski definition) is 0. The van der Waals surface area contributed by atoms with Crippen molar-refractivity contribution in [1.29, 1.82) is 0 Å². The molecule has 0 aromatic carbocycles. The predicted octanol–water partition coefficient (Wildman–Crippen LogP) is 13.0. The van der Waals surface area contributed by atoms with E-state index in [2.05, 4.69) is 75.5 Å². The van der Waals surface area contributed by atoms with Crippen LogP contribution in [0.2, 0.25) is 0 Å². The zero-order chi connectivity index (χ0) is 37.3. The third-order valence-corrected chi connectivity index (χ3v) is 8.49. The lowest BCUT2D eigenvalue weighted by Crippen LogP contribution is -2.30. The van der Waals surface area contributed by atoms with E-state index in [1.54, 1.807) is 0 Å². The molecule has 0 aliphatic carbocycles. The van der Waals surface area contributed by atoms with Crippen molar-refractivity contribution in [2.24, 2.45) is 0 Å². The maximum Gasteiger partial charge on any atom is 0.306 e. The molecule has 292 valence electrons. The molecule has 0 rings (SSSR count). The minimum atomic E-state index is -0.809. The smallest absolute Gasteiger partial charge is 0.306 e. The summed E-state index contributed by atoms with van der Waals surface area (Å²) in [6.07, 6.45) is 46.6. The Morgan fingerprint density at radius 1 is 0.412 bits per heavy atom. The molecule has 6 heteroatoms. The number of carbonyl (C=O) groups excluding carboxylic acids is 3. The van der Waals surface area contributed by atoms with E-state index in [1.165, 1.54) is 64.2 Å². The molecule has 0 radical (unpaired) electrons. The standard InChI is InChI=1S/C45H76O6/c1-4-7-10-13-16-19-21-22-24-26-29-32-35-38-44(47)50-41-42(40-49-43(46)37-34-31-28-25-18-15-12-9-6-3)51-45(48)39-36-33-30-27-23-20-17-14-11-8-5-2/h9,12,14,17-18,22,24-25,29,32,42H,4-8,10-11,13,15-16,19-21,23,26-28,30-31,33-41H2,1-3H3/b12-9-,17-14-,24-22-,25-18-,32-29-. The number of allylic oxidation sites excluding steroid dienone is 10. The maximum atomic E-state index is 12.6. The van der Waals surface area contributed by atoms with Crippen molar-refractivity contribution >= 4 is 17.9 Å². The van der Waals surface area contributed by atoms with Crippen LogP contribution in [0, 0.1) is 0 Å². The molecular weight excluding hydrogens is 636 g/mol. The van der Waals surface area contributed by atoms with Gasteiger partial charge in [-0.05, 0) is 83.5 Å². The van der Waals surface area contributed by atoms with Crippen LogP contribution in [-0.4, -0.2) is 37.2 Å². The first-order valence-corrected chi connectivity index (χ1v) is 20.8. The molecule has 0 heterocycles. The Bertz CT molecular complexity index is 960. The third-order valence-electron chi connectivity index (χ3n) is 8.49. The number of hydrogen-bond acceptors (Lipinski definition) is 6. The number of esters is 3. The SMILES string of the molecule is CC/C=C\C/C=C\CCCCC(=O)OCC(COC(=O)CC/C=C\C/C=C\CCCCCCCC)OC(=O)CCCCCCC/C=C\CCCC. The molecule has 0 bridgehead atoms. The molecule has 0 spiro atoms. The lowest BCUT2D eigenvalue weighted by Gasteiger charge is -2.18. The number of unbranched alkanes of at least 4 members (excludes halogenated alkanes) is 15. The fourth-order valence-electron chi connectivity index (χ4n) is 5.33. The van der Waals surface area contributed by atoms with Gasteiger partial charge in [-0.2, -0.15) is 0 Å². The summed E-state index contributed by atoms with van der Waals surface area (Å²) < 4.78 is 16.5. The van der Waals surface area contributed by atoms with E-state index in [1.807, 2.05) is 6.08 Å². The van der Waals surface area contributed by atoms with Crippen molar-refractivity contribution in [3.8, 4) is 0 Å². The van der Waals surface area contributed by atoms with Crippen LogP contribution in [0.3, 0.4) is 0 Å². The Labute approximate surface area is 313 Å². The van der Waals surface area contributed by atoms with Crippen molar-refractivity contribution in [1.82, 2.24) is 0 Å². The summed E-state index contributed by atoms with van der Waals surface area (Å²) in [5.74, 6) is -1.04. The Morgan fingerprint density at radius 3 is 1.41 bits per heavy atom. The highest BCUT2D eigenvalue weighted by molar-refractivity contribution is 5.71. The summed E-state index contributed by atoms with van der Waals surface area (Å²) in [6.45, 7) is 6.34. The minimum Gasteiger partial charge on any atom is -0.462 e. The number of rotatable bonds is 36. The first-order valence-electron chi connectivity index (χ1n) is 20.8. The quantitative estimate of drug-likeness (QED) is 0.0278. The second-order valence-electron chi connectivity index (χ2n) is 13.5. The van der Waals surface area contributed by atoms with Gasteiger partial charge >= 0.3 is 17.9 Å². The van der Waals surface area contributed by atoms with Crippen molar-refractivity contribution in [2.45, 2.75) is 194 Å². The van der Waals surface area contributed by atoms with Crippen LogP contribution in [-0.2, 0) is 28.6 Å². The second kappa shape index (κ2) is 39.9. The van der Waals surface area contributed by atoms with E-state index in [-0.39, 0.29) is 37.5 Å². The predicted molar refractivity (Wildman–Crippen MR) is 215 cm³/mol. The van der Waals surface area contributed by atoms with E-state index in [9.17, 15) is 14.4 Å². The molecule has 0 aromatic rings. The monoisotopic (exact) mass is 713 g/mol. The molecule has 0 amide bonds. The van der Waals surface area contributed by atoms with Crippen molar-refractivity contribution in [3.05, 3.63) is 60.8 Å². The van der Waals surface area contributed by atoms with Crippen LogP contribution < -0.4 is 0 Å². The lowest BCUT2D eigenvalue weighted by molar-refractivity contribution is -0.166. The Kier molecular flexibility index (Phi) is 37.6. The second-order valence-corrected chi connectivity index (χ2v) is 13.5. The first kappa shape index (κ1) is 48.1. The van der Waals surface area contributed by atoms with Gasteiger partial charge in [-0.1, -0.05) is 146 Å². The lowest BCUT2D eigenvalue weighted by atomic mass is 10.1. The van der Waals surface area contributed by atoms with Crippen LogP contribution in [0.25, 0.3) is 0 Å². The van der Waals surface area contributed by atoms with E-state index in [4.69, 9.17) is 14.2 Å². The Balaban J connectivity index is 4.50. The highest BCUT2D eigenvalue weighted by Gasteiger charge is 2.19. The summed E-state index contributed by atoms with van der Waals surface area (Å²) in [6, 6.07) is 0. The number of carbonyl (C=O) groups is 3. The van der Waals surface area contributed by atoms with Gasteiger partial charge < -0.3 is 14.2 Å². The molecule has 51 heavy (non-hydrogen) atoms. The van der Waals surface area contributed by atoms with Crippen LogP contribution in [0.4, 0.5) is 0 Å². The molecule has 0 fully saturated rings. The fraction of sp³-hybridized carbons (Fsp3) is 0.711. The molecule has 0 N–H and O–H groups in total. The Morgan fingerprint density at radius 2 is 0.824 bits per heavy atom. The molecule has 0 saturated heterocycles. The highest BCUT2D eigenvalue weighted by Crippen LogP contribution is 2.11. The first-order chi connectivity index (χ1) is 25.0. The van der Waals surface area contributed by atoms with Crippen molar-refractivity contribution in [3.63, 3.8) is 0 Å². The highest BCUT2D eigenvalue weighted by atomic mass is 16.6. The van der Waals surface area contributed by atoms with Gasteiger partial charge in [-0.3, -0.25) is 14.4 Å². The molecule has 0 aliphatic rings. The van der Waals surface area contributed by atoms with Gasteiger partial charge in [-0.25, -0.2) is 0 Å². The van der Waals surface area contributed by atoms with E-state index >= 15 is 0 Å². The summed E-state index contributed by atoms with van der Waals surface area (Å²) >= 11 is 0. The van der Waals surface area contributed by atoms with E-state index in [0.717, 1.165) is 77.0 Å². The van der Waals surface area contributed by atoms with Crippen LogP contribution in [0.1, 0.15) is 188 Å². The van der Waals surface area contributed by atoms with Crippen LogP contribution in [0.15, 0.2) is 60.8 Å². The summed E-state index contributed by atoms with van der Waals surface area (Å²) in [5, 5.41) is 0. The topological polar surface area (TPSA) is 78.9 Å². The Hall–Kier alpha value is -2.89. The molecular formula is C45H76O6. The molecule has 0 aromatic heterocycles. The average molecular weight is 713 g/mol. The molecule has 1 atom stereocenters. The zero-order valence-electron chi connectivity index (χ0n) is 33.1. The normalized spacial score (nSPS) is 12.6. The fourth-order valence-corrected chi connectivity index (χ4v) is 5.33. The van der Waals surface area contributed by atoms with Gasteiger partial charge in [0.25, 0.3) is 0 Å². The molecule has 0 saturated carbocycles. The summed E-state index contributed by atoms with van der Waals surface area (Å²) in [7, 11) is 0. The summed E-state index contributed by atoms with van der Waals surface area (Å²) in [5.41, 5.74) is 0. The largest absolute Gasteiger partial charge is 0.462 e. The maximum absolute atomic E-state index is 12.6. The average Bonchev–Trinajstić information content (AvgIpc) is 3.12. The third kappa shape index (κ3) is 38.2. The van der Waals surface area contributed by atoms with E-state index in [0.29, 0.717) is 19.3 Å².